The lowest BCUT2D eigenvalue weighted by Crippen LogP contribution is -1.93. The molecule has 0 aliphatic carbocycles. The van der Waals surface area contributed by atoms with Crippen LogP contribution in [-0.4, -0.2) is 10.9 Å². The zero-order chi connectivity index (χ0) is 14.7. The number of ketones is 1. The first-order valence-corrected chi connectivity index (χ1v) is 6.73. The van der Waals surface area contributed by atoms with E-state index in [2.05, 4.69) is 0 Å². The van der Waals surface area contributed by atoms with Gasteiger partial charge in [0, 0.05) is 5.56 Å². The molecule has 3 aromatic carbocycles. The van der Waals surface area contributed by atoms with Crippen LogP contribution in [0.1, 0.15) is 15.9 Å². The number of hydrogen-bond acceptors (Lipinski definition) is 2. The number of hydrogen-bond donors (Lipinski definition) is 1. The Morgan fingerprint density at radius 1 is 0.857 bits per heavy atom. The van der Waals surface area contributed by atoms with E-state index in [1.807, 2.05) is 42.5 Å². The van der Waals surface area contributed by atoms with Gasteiger partial charge in [-0.15, -0.1) is 0 Å². The van der Waals surface area contributed by atoms with Crippen LogP contribution in [0.25, 0.3) is 16.8 Å². The zero-order valence-corrected chi connectivity index (χ0v) is 11.4. The summed E-state index contributed by atoms with van der Waals surface area (Å²) in [7, 11) is 0. The molecule has 0 fully saturated rings. The third kappa shape index (κ3) is 3.00. The number of benzene rings is 3. The van der Waals surface area contributed by atoms with Gasteiger partial charge in [0.2, 0.25) is 0 Å². The fourth-order valence-corrected chi connectivity index (χ4v) is 2.20. The van der Waals surface area contributed by atoms with Gasteiger partial charge in [0.15, 0.2) is 5.78 Å². The normalized spacial score (nSPS) is 11.0. The fourth-order valence-electron chi connectivity index (χ4n) is 2.20. The average Bonchev–Trinajstić information content (AvgIpc) is 2.53. The molecule has 3 rings (SSSR count). The van der Waals surface area contributed by atoms with E-state index in [0.717, 1.165) is 16.3 Å². The largest absolute Gasteiger partial charge is 0.508 e. The predicted molar refractivity (Wildman–Crippen MR) is 85.4 cm³/mol. The van der Waals surface area contributed by atoms with Gasteiger partial charge in [-0.2, -0.15) is 0 Å². The van der Waals surface area contributed by atoms with Gasteiger partial charge in [-0.1, -0.05) is 54.6 Å². The van der Waals surface area contributed by atoms with Crippen LogP contribution in [0.4, 0.5) is 0 Å². The van der Waals surface area contributed by atoms with Crippen molar-refractivity contribution in [1.29, 1.82) is 0 Å². The van der Waals surface area contributed by atoms with Crippen LogP contribution in [0.5, 0.6) is 5.75 Å². The van der Waals surface area contributed by atoms with Crippen molar-refractivity contribution in [3.63, 3.8) is 0 Å². The fraction of sp³-hybridized carbons (Fsp3) is 0. The molecule has 2 heteroatoms. The Bertz CT molecular complexity index is 814. The van der Waals surface area contributed by atoms with Crippen LogP contribution in [0.15, 0.2) is 72.8 Å². The van der Waals surface area contributed by atoms with E-state index in [1.165, 1.54) is 0 Å². The summed E-state index contributed by atoms with van der Waals surface area (Å²) in [5.41, 5.74) is 1.55. The number of carbonyl (C=O) groups is 1. The van der Waals surface area contributed by atoms with Crippen molar-refractivity contribution < 1.29 is 9.90 Å². The molecule has 0 bridgehead atoms. The van der Waals surface area contributed by atoms with Crippen molar-refractivity contribution in [2.75, 3.05) is 0 Å². The van der Waals surface area contributed by atoms with Gasteiger partial charge in [-0.3, -0.25) is 4.79 Å². The molecule has 0 atom stereocenters. The maximum Gasteiger partial charge on any atom is 0.185 e. The summed E-state index contributed by atoms with van der Waals surface area (Å²) in [6, 6.07) is 20.4. The summed E-state index contributed by atoms with van der Waals surface area (Å²) >= 11 is 0. The van der Waals surface area contributed by atoms with Crippen molar-refractivity contribution in [3.05, 3.63) is 83.9 Å². The Morgan fingerprint density at radius 2 is 1.57 bits per heavy atom. The number of phenolic OH excluding ortho intramolecular Hbond substituents is 1. The number of rotatable bonds is 3. The number of fused-ring (bicyclic) bond motifs is 1. The molecule has 3 aromatic rings. The first-order valence-electron chi connectivity index (χ1n) is 6.73. The molecule has 0 aliphatic rings. The molecule has 102 valence electrons. The second kappa shape index (κ2) is 5.63. The maximum absolute atomic E-state index is 12.2. The van der Waals surface area contributed by atoms with Crippen molar-refractivity contribution >= 4 is 22.6 Å². The molecular formula is C19H14O2. The second-order valence-electron chi connectivity index (χ2n) is 4.85. The summed E-state index contributed by atoms with van der Waals surface area (Å²) in [5.74, 6) is 0.182. The van der Waals surface area contributed by atoms with Crippen molar-refractivity contribution in [2.24, 2.45) is 0 Å². The van der Waals surface area contributed by atoms with Crippen molar-refractivity contribution in [2.45, 2.75) is 0 Å². The second-order valence-corrected chi connectivity index (χ2v) is 4.85. The van der Waals surface area contributed by atoms with Crippen LogP contribution in [0.2, 0.25) is 0 Å². The molecule has 0 saturated heterocycles. The SMILES string of the molecule is O=C(/C=C/c1ccc(O)cc1)c1ccc2ccccc2c1. The van der Waals surface area contributed by atoms with E-state index < -0.39 is 0 Å². The molecule has 2 nitrogen and oxygen atoms in total. The molecule has 0 aromatic heterocycles. The number of aromatic hydroxyl groups is 1. The lowest BCUT2D eigenvalue weighted by molar-refractivity contribution is 0.104. The first kappa shape index (κ1) is 13.1. The van der Waals surface area contributed by atoms with Crippen molar-refractivity contribution in [1.82, 2.24) is 0 Å². The molecular weight excluding hydrogens is 260 g/mol. The quantitative estimate of drug-likeness (QED) is 0.566. The van der Waals surface area contributed by atoms with Gasteiger partial charge in [0.05, 0.1) is 0 Å². The third-order valence-corrected chi connectivity index (χ3v) is 3.35. The lowest BCUT2D eigenvalue weighted by atomic mass is 10.0. The highest BCUT2D eigenvalue weighted by Crippen LogP contribution is 2.17. The van der Waals surface area contributed by atoms with Gasteiger partial charge in [0.1, 0.15) is 5.75 Å². The van der Waals surface area contributed by atoms with E-state index in [0.29, 0.717) is 5.56 Å². The molecule has 1 N–H and O–H groups in total. The summed E-state index contributed by atoms with van der Waals surface area (Å²) in [4.78, 5) is 12.2. The third-order valence-electron chi connectivity index (χ3n) is 3.35. The van der Waals surface area contributed by atoms with Crippen LogP contribution >= 0.6 is 0 Å². The molecule has 0 radical (unpaired) electrons. The molecule has 0 heterocycles. The zero-order valence-electron chi connectivity index (χ0n) is 11.4. The van der Waals surface area contributed by atoms with Crippen LogP contribution < -0.4 is 0 Å². The smallest absolute Gasteiger partial charge is 0.185 e. The van der Waals surface area contributed by atoms with Gasteiger partial charge in [0.25, 0.3) is 0 Å². The minimum Gasteiger partial charge on any atom is -0.508 e. The number of phenols is 1. The van der Waals surface area contributed by atoms with E-state index >= 15 is 0 Å². The van der Waals surface area contributed by atoms with Gasteiger partial charge in [-0.25, -0.2) is 0 Å². The highest BCUT2D eigenvalue weighted by molar-refractivity contribution is 6.08. The highest BCUT2D eigenvalue weighted by atomic mass is 16.3. The van der Waals surface area contributed by atoms with Crippen molar-refractivity contribution in [3.8, 4) is 5.75 Å². The Labute approximate surface area is 123 Å². The molecule has 0 aliphatic heterocycles. The Kier molecular flexibility index (Phi) is 3.52. The van der Waals surface area contributed by atoms with Crippen LogP contribution in [-0.2, 0) is 0 Å². The number of carbonyl (C=O) groups excluding carboxylic acids is 1. The average molecular weight is 274 g/mol. The Hall–Kier alpha value is -2.87. The monoisotopic (exact) mass is 274 g/mol. The van der Waals surface area contributed by atoms with Gasteiger partial charge < -0.3 is 5.11 Å². The van der Waals surface area contributed by atoms with E-state index in [9.17, 15) is 9.90 Å². The van der Waals surface area contributed by atoms with E-state index in [-0.39, 0.29) is 11.5 Å². The summed E-state index contributed by atoms with van der Waals surface area (Å²) in [6.07, 6.45) is 3.30. The Morgan fingerprint density at radius 3 is 2.33 bits per heavy atom. The maximum atomic E-state index is 12.2. The molecule has 0 unspecified atom stereocenters. The highest BCUT2D eigenvalue weighted by Gasteiger charge is 2.02. The van der Waals surface area contributed by atoms with Crippen LogP contribution in [0.3, 0.4) is 0 Å². The van der Waals surface area contributed by atoms with Gasteiger partial charge in [-0.05, 0) is 40.6 Å². The minimum absolute atomic E-state index is 0.0335. The standard InChI is InChI=1S/C19H14O2/c20-18-10-5-14(6-11-18)7-12-19(21)17-9-8-15-3-1-2-4-16(15)13-17/h1-13,20H/b12-7+. The van der Waals surface area contributed by atoms with E-state index in [1.54, 1.807) is 36.4 Å². The summed E-state index contributed by atoms with van der Waals surface area (Å²) < 4.78 is 0. The molecule has 0 amide bonds. The predicted octanol–water partition coefficient (Wildman–Crippen LogP) is 4.44. The lowest BCUT2D eigenvalue weighted by Gasteiger charge is -2.00. The first-order chi connectivity index (χ1) is 10.2. The van der Waals surface area contributed by atoms with Crippen LogP contribution in [0, 0.1) is 0 Å². The summed E-state index contributed by atoms with van der Waals surface area (Å²) in [5, 5.41) is 11.4. The topological polar surface area (TPSA) is 37.3 Å². The molecule has 0 saturated carbocycles. The Balaban J connectivity index is 1.84. The molecule has 0 spiro atoms. The van der Waals surface area contributed by atoms with E-state index in [4.69, 9.17) is 0 Å². The molecule has 21 heavy (non-hydrogen) atoms. The minimum atomic E-state index is -0.0335. The number of allylic oxidation sites excluding steroid dienone is 1. The summed E-state index contributed by atoms with van der Waals surface area (Å²) in [6.45, 7) is 0. The van der Waals surface area contributed by atoms with Gasteiger partial charge >= 0.3 is 0 Å².